The Hall–Kier alpha value is -1.00. The molecule has 0 bridgehead atoms. The third-order valence-electron chi connectivity index (χ3n) is 3.06. The SMILES string of the molecule is CC(C)(CN)c1cnc(C(C)(C)CN)cn1. The molecule has 0 aliphatic carbocycles. The minimum Gasteiger partial charge on any atom is -0.330 e. The van der Waals surface area contributed by atoms with Crippen LogP contribution in [0.5, 0.6) is 0 Å². The normalized spacial score (nSPS) is 12.9. The number of hydrogen-bond acceptors (Lipinski definition) is 4. The van der Waals surface area contributed by atoms with Crippen LogP contribution in [0.15, 0.2) is 12.4 Å². The van der Waals surface area contributed by atoms with E-state index in [0.29, 0.717) is 13.1 Å². The minimum absolute atomic E-state index is 0.127. The van der Waals surface area contributed by atoms with E-state index in [1.165, 1.54) is 0 Å². The zero-order valence-electron chi connectivity index (χ0n) is 10.6. The molecule has 0 aromatic carbocycles. The Morgan fingerprint density at radius 3 is 1.38 bits per heavy atom. The quantitative estimate of drug-likeness (QED) is 0.795. The molecule has 0 aliphatic rings. The third-order valence-corrected chi connectivity index (χ3v) is 3.06. The maximum atomic E-state index is 5.70. The summed E-state index contributed by atoms with van der Waals surface area (Å²) in [6.07, 6.45) is 3.61. The van der Waals surface area contributed by atoms with E-state index in [1.807, 2.05) is 0 Å². The van der Waals surface area contributed by atoms with Gasteiger partial charge in [0.15, 0.2) is 0 Å². The summed E-state index contributed by atoms with van der Waals surface area (Å²) in [6.45, 7) is 9.35. The smallest absolute Gasteiger partial charge is 0.0655 e. The summed E-state index contributed by atoms with van der Waals surface area (Å²) in [5.41, 5.74) is 13.0. The Balaban J connectivity index is 3.00. The standard InChI is InChI=1S/C12H22N4/c1-11(2,7-13)9-5-16-10(6-15-9)12(3,4)8-14/h5-6H,7-8,13-14H2,1-4H3. The predicted molar refractivity (Wildman–Crippen MR) is 66.2 cm³/mol. The molecule has 1 aromatic heterocycles. The van der Waals surface area contributed by atoms with Crippen LogP contribution in [0.25, 0.3) is 0 Å². The van der Waals surface area contributed by atoms with E-state index >= 15 is 0 Å². The van der Waals surface area contributed by atoms with Gasteiger partial charge in [-0.05, 0) is 0 Å². The van der Waals surface area contributed by atoms with Crippen LogP contribution in [0.2, 0.25) is 0 Å². The molecule has 0 atom stereocenters. The van der Waals surface area contributed by atoms with E-state index in [1.54, 1.807) is 12.4 Å². The summed E-state index contributed by atoms with van der Waals surface area (Å²) in [4.78, 5) is 8.87. The molecular weight excluding hydrogens is 200 g/mol. The van der Waals surface area contributed by atoms with Gasteiger partial charge in [-0.1, -0.05) is 27.7 Å². The van der Waals surface area contributed by atoms with Gasteiger partial charge in [-0.15, -0.1) is 0 Å². The molecule has 0 radical (unpaired) electrons. The zero-order valence-corrected chi connectivity index (χ0v) is 10.6. The van der Waals surface area contributed by atoms with Crippen LogP contribution >= 0.6 is 0 Å². The second-order valence-corrected chi connectivity index (χ2v) is 5.46. The molecule has 1 rings (SSSR count). The number of aromatic nitrogens is 2. The molecule has 0 spiro atoms. The van der Waals surface area contributed by atoms with Crippen LogP contribution in [-0.4, -0.2) is 23.1 Å². The average Bonchev–Trinajstić information content (AvgIpc) is 2.29. The Morgan fingerprint density at radius 2 is 1.19 bits per heavy atom. The number of rotatable bonds is 4. The van der Waals surface area contributed by atoms with Crippen LogP contribution < -0.4 is 11.5 Å². The summed E-state index contributed by atoms with van der Waals surface area (Å²) in [6, 6.07) is 0. The lowest BCUT2D eigenvalue weighted by Gasteiger charge is -2.24. The molecule has 0 fully saturated rings. The first-order valence-corrected chi connectivity index (χ1v) is 5.56. The number of hydrogen-bond donors (Lipinski definition) is 2. The Bertz CT molecular complexity index is 306. The van der Waals surface area contributed by atoms with E-state index in [2.05, 4.69) is 37.7 Å². The van der Waals surface area contributed by atoms with E-state index in [-0.39, 0.29) is 10.8 Å². The number of nitrogens with two attached hydrogens (primary N) is 2. The molecule has 4 heteroatoms. The first-order chi connectivity index (χ1) is 7.33. The molecule has 90 valence electrons. The molecule has 0 unspecified atom stereocenters. The van der Waals surface area contributed by atoms with Crippen LogP contribution in [0.1, 0.15) is 39.1 Å². The van der Waals surface area contributed by atoms with Crippen molar-refractivity contribution in [1.82, 2.24) is 9.97 Å². The van der Waals surface area contributed by atoms with Gasteiger partial charge in [0.2, 0.25) is 0 Å². The monoisotopic (exact) mass is 222 g/mol. The molecule has 0 saturated heterocycles. The zero-order chi connectivity index (χ0) is 12.4. The summed E-state index contributed by atoms with van der Waals surface area (Å²) < 4.78 is 0. The molecule has 1 aromatic rings. The van der Waals surface area contributed by atoms with Gasteiger partial charge in [-0.2, -0.15) is 0 Å². The Labute approximate surface area is 97.5 Å². The second kappa shape index (κ2) is 4.47. The van der Waals surface area contributed by atoms with Crippen molar-refractivity contribution in [2.24, 2.45) is 11.5 Å². The molecule has 1 heterocycles. The first kappa shape index (κ1) is 13.1. The second-order valence-electron chi connectivity index (χ2n) is 5.46. The molecule has 0 amide bonds. The molecule has 0 saturated carbocycles. The van der Waals surface area contributed by atoms with Crippen molar-refractivity contribution < 1.29 is 0 Å². The Morgan fingerprint density at radius 1 is 0.875 bits per heavy atom. The van der Waals surface area contributed by atoms with Gasteiger partial charge >= 0.3 is 0 Å². The van der Waals surface area contributed by atoms with E-state index < -0.39 is 0 Å². The van der Waals surface area contributed by atoms with Gasteiger partial charge in [0.05, 0.1) is 11.4 Å². The third kappa shape index (κ3) is 2.57. The van der Waals surface area contributed by atoms with Gasteiger partial charge in [0, 0.05) is 36.3 Å². The van der Waals surface area contributed by atoms with Crippen LogP contribution in [0.3, 0.4) is 0 Å². The maximum absolute atomic E-state index is 5.70. The highest BCUT2D eigenvalue weighted by atomic mass is 14.8. The minimum atomic E-state index is -0.127. The lowest BCUT2D eigenvalue weighted by atomic mass is 9.88. The first-order valence-electron chi connectivity index (χ1n) is 5.56. The Kier molecular flexibility index (Phi) is 3.65. The molecule has 0 aliphatic heterocycles. The topological polar surface area (TPSA) is 77.8 Å². The molecule has 4 N–H and O–H groups in total. The van der Waals surface area contributed by atoms with Crippen molar-refractivity contribution in [1.29, 1.82) is 0 Å². The van der Waals surface area contributed by atoms with Crippen molar-refractivity contribution in [3.05, 3.63) is 23.8 Å². The average molecular weight is 222 g/mol. The highest BCUT2D eigenvalue weighted by Crippen LogP contribution is 2.22. The van der Waals surface area contributed by atoms with E-state index in [0.717, 1.165) is 11.4 Å². The number of nitrogens with zero attached hydrogens (tertiary/aromatic N) is 2. The van der Waals surface area contributed by atoms with E-state index in [9.17, 15) is 0 Å². The van der Waals surface area contributed by atoms with Crippen LogP contribution in [-0.2, 0) is 10.8 Å². The molecule has 4 nitrogen and oxygen atoms in total. The summed E-state index contributed by atoms with van der Waals surface area (Å²) >= 11 is 0. The lowest BCUT2D eigenvalue weighted by Crippen LogP contribution is -2.32. The summed E-state index contributed by atoms with van der Waals surface area (Å²) in [5, 5.41) is 0. The van der Waals surface area contributed by atoms with E-state index in [4.69, 9.17) is 11.5 Å². The molecular formula is C12H22N4. The fraction of sp³-hybridized carbons (Fsp3) is 0.667. The van der Waals surface area contributed by atoms with Crippen molar-refractivity contribution in [3.8, 4) is 0 Å². The van der Waals surface area contributed by atoms with Crippen LogP contribution in [0, 0.1) is 0 Å². The summed E-state index contributed by atoms with van der Waals surface area (Å²) in [7, 11) is 0. The largest absolute Gasteiger partial charge is 0.330 e. The fourth-order valence-corrected chi connectivity index (χ4v) is 1.24. The highest BCUT2D eigenvalue weighted by Gasteiger charge is 2.24. The van der Waals surface area contributed by atoms with Gasteiger partial charge < -0.3 is 11.5 Å². The fourth-order valence-electron chi connectivity index (χ4n) is 1.24. The van der Waals surface area contributed by atoms with Crippen LogP contribution in [0.4, 0.5) is 0 Å². The van der Waals surface area contributed by atoms with Crippen molar-refractivity contribution in [3.63, 3.8) is 0 Å². The highest BCUT2D eigenvalue weighted by molar-refractivity contribution is 5.17. The maximum Gasteiger partial charge on any atom is 0.0655 e. The van der Waals surface area contributed by atoms with Gasteiger partial charge in [0.1, 0.15) is 0 Å². The van der Waals surface area contributed by atoms with Crippen molar-refractivity contribution in [2.45, 2.75) is 38.5 Å². The van der Waals surface area contributed by atoms with Gasteiger partial charge in [0.25, 0.3) is 0 Å². The summed E-state index contributed by atoms with van der Waals surface area (Å²) in [5.74, 6) is 0. The van der Waals surface area contributed by atoms with Crippen molar-refractivity contribution in [2.75, 3.05) is 13.1 Å². The predicted octanol–water partition coefficient (Wildman–Crippen LogP) is 0.949. The van der Waals surface area contributed by atoms with Gasteiger partial charge in [-0.3, -0.25) is 9.97 Å². The lowest BCUT2D eigenvalue weighted by molar-refractivity contribution is 0.497. The van der Waals surface area contributed by atoms with Gasteiger partial charge in [-0.25, -0.2) is 0 Å². The molecule has 16 heavy (non-hydrogen) atoms. The van der Waals surface area contributed by atoms with Crippen molar-refractivity contribution >= 4 is 0 Å².